The van der Waals surface area contributed by atoms with E-state index in [4.69, 9.17) is 16.3 Å². The molecule has 1 aromatic carbocycles. The molecule has 1 aromatic rings. The number of hydrogen-bond donors (Lipinski definition) is 1. The molecule has 1 fully saturated rings. The van der Waals surface area contributed by atoms with Gasteiger partial charge in [0.05, 0.1) is 4.92 Å². The van der Waals surface area contributed by atoms with Gasteiger partial charge in [0.15, 0.2) is 0 Å². The highest BCUT2D eigenvalue weighted by atomic mass is 35.5. The molecule has 0 saturated carbocycles. The molecular weight excluding hydrogens is 244 g/mol. The third-order valence-electron chi connectivity index (χ3n) is 2.73. The van der Waals surface area contributed by atoms with E-state index in [1.807, 2.05) is 0 Å². The summed E-state index contributed by atoms with van der Waals surface area (Å²) in [4.78, 5) is 10.1. The van der Waals surface area contributed by atoms with E-state index in [9.17, 15) is 10.1 Å². The van der Waals surface area contributed by atoms with Crippen molar-refractivity contribution < 1.29 is 9.66 Å². The molecule has 1 unspecified atom stereocenters. The molecule has 92 valence electrons. The fourth-order valence-corrected chi connectivity index (χ4v) is 2.06. The molecule has 5 nitrogen and oxygen atoms in total. The molecule has 17 heavy (non-hydrogen) atoms. The lowest BCUT2D eigenvalue weighted by Crippen LogP contribution is -2.28. The van der Waals surface area contributed by atoms with Gasteiger partial charge in [0, 0.05) is 18.2 Å². The number of benzene rings is 1. The molecule has 2 rings (SSSR count). The van der Waals surface area contributed by atoms with E-state index in [1.165, 1.54) is 12.1 Å². The number of nitrogens with zero attached hydrogens (tertiary/aromatic N) is 1. The van der Waals surface area contributed by atoms with Crippen molar-refractivity contribution in [3.63, 3.8) is 0 Å². The van der Waals surface area contributed by atoms with Gasteiger partial charge in [-0.25, -0.2) is 0 Å². The van der Waals surface area contributed by atoms with Gasteiger partial charge in [-0.3, -0.25) is 10.1 Å². The summed E-state index contributed by atoms with van der Waals surface area (Å²) in [5.74, 6) is 0.564. The van der Waals surface area contributed by atoms with Crippen LogP contribution in [0.5, 0.6) is 5.75 Å². The summed E-state index contributed by atoms with van der Waals surface area (Å²) in [6.45, 7) is 1.59. The first kappa shape index (κ1) is 12.1. The van der Waals surface area contributed by atoms with Crippen LogP contribution in [0.1, 0.15) is 12.8 Å². The second kappa shape index (κ2) is 5.33. The Labute approximate surface area is 104 Å². The monoisotopic (exact) mass is 256 g/mol. The fraction of sp³-hybridized carbons (Fsp3) is 0.455. The second-order valence-corrected chi connectivity index (χ2v) is 4.38. The van der Waals surface area contributed by atoms with E-state index >= 15 is 0 Å². The lowest BCUT2D eigenvalue weighted by atomic mass is 10.2. The van der Waals surface area contributed by atoms with Gasteiger partial charge in [-0.05, 0) is 25.5 Å². The number of rotatable bonds is 4. The lowest BCUT2D eigenvalue weighted by Gasteiger charge is -2.12. The van der Waals surface area contributed by atoms with Gasteiger partial charge < -0.3 is 10.1 Å². The first-order chi connectivity index (χ1) is 8.16. The predicted molar refractivity (Wildman–Crippen MR) is 64.6 cm³/mol. The maximum Gasteiger partial charge on any atom is 0.288 e. The smallest absolute Gasteiger partial charge is 0.288 e. The minimum Gasteiger partial charge on any atom is -0.492 e. The summed E-state index contributed by atoms with van der Waals surface area (Å²) < 4.78 is 5.54. The van der Waals surface area contributed by atoms with Gasteiger partial charge in [0.25, 0.3) is 5.69 Å². The van der Waals surface area contributed by atoms with Crippen molar-refractivity contribution in [2.45, 2.75) is 18.9 Å². The van der Waals surface area contributed by atoms with E-state index in [0.717, 1.165) is 19.4 Å². The molecule has 0 amide bonds. The SMILES string of the molecule is O=[N+]([O-])c1ccc(OCC2CCCN2)cc1Cl. The quantitative estimate of drug-likeness (QED) is 0.664. The predicted octanol–water partition coefficient (Wildman–Crippen LogP) is 2.38. The molecule has 1 heterocycles. The van der Waals surface area contributed by atoms with Crippen LogP contribution < -0.4 is 10.1 Å². The number of nitro benzene ring substituents is 1. The minimum atomic E-state index is -0.509. The van der Waals surface area contributed by atoms with E-state index in [0.29, 0.717) is 18.4 Å². The first-order valence-electron chi connectivity index (χ1n) is 5.47. The molecule has 0 radical (unpaired) electrons. The molecule has 1 N–H and O–H groups in total. The topological polar surface area (TPSA) is 64.4 Å². The van der Waals surface area contributed by atoms with Crippen LogP contribution >= 0.6 is 11.6 Å². The molecule has 0 aliphatic carbocycles. The van der Waals surface area contributed by atoms with Crippen LogP contribution in [0.4, 0.5) is 5.69 Å². The van der Waals surface area contributed by atoms with E-state index < -0.39 is 4.92 Å². The second-order valence-electron chi connectivity index (χ2n) is 3.97. The van der Waals surface area contributed by atoms with Crippen molar-refractivity contribution in [1.82, 2.24) is 5.32 Å². The molecule has 6 heteroatoms. The lowest BCUT2D eigenvalue weighted by molar-refractivity contribution is -0.384. The normalized spacial score (nSPS) is 19.2. The van der Waals surface area contributed by atoms with Crippen LogP contribution in [0.25, 0.3) is 0 Å². The van der Waals surface area contributed by atoms with Gasteiger partial charge in [0.2, 0.25) is 0 Å². The largest absolute Gasteiger partial charge is 0.492 e. The van der Waals surface area contributed by atoms with Gasteiger partial charge in [-0.15, -0.1) is 0 Å². The summed E-state index contributed by atoms with van der Waals surface area (Å²) in [5.41, 5.74) is -0.0991. The Morgan fingerprint density at radius 3 is 3.00 bits per heavy atom. The standard InChI is InChI=1S/C11H13ClN2O3/c12-10-6-9(3-4-11(10)14(15)16)17-7-8-2-1-5-13-8/h3-4,6,8,13H,1-2,5,7H2. The van der Waals surface area contributed by atoms with Crippen LogP contribution in [0.2, 0.25) is 5.02 Å². The average molecular weight is 257 g/mol. The maximum atomic E-state index is 10.6. The van der Waals surface area contributed by atoms with E-state index in [2.05, 4.69) is 5.32 Å². The zero-order chi connectivity index (χ0) is 12.3. The zero-order valence-electron chi connectivity index (χ0n) is 9.19. The highest BCUT2D eigenvalue weighted by molar-refractivity contribution is 6.32. The fourth-order valence-electron chi connectivity index (χ4n) is 1.82. The average Bonchev–Trinajstić information content (AvgIpc) is 2.78. The van der Waals surface area contributed by atoms with Crippen molar-refractivity contribution in [2.75, 3.05) is 13.2 Å². The number of halogens is 1. The highest BCUT2D eigenvalue weighted by Crippen LogP contribution is 2.28. The van der Waals surface area contributed by atoms with Gasteiger partial charge in [-0.1, -0.05) is 11.6 Å². The summed E-state index contributed by atoms with van der Waals surface area (Å²) in [5, 5.41) is 14.0. The molecule has 0 spiro atoms. The molecule has 0 aromatic heterocycles. The van der Waals surface area contributed by atoms with Crippen LogP contribution in [-0.2, 0) is 0 Å². The van der Waals surface area contributed by atoms with Crippen LogP contribution in [0, 0.1) is 10.1 Å². The molecule has 1 aliphatic heterocycles. The highest BCUT2D eigenvalue weighted by Gasteiger charge is 2.16. The van der Waals surface area contributed by atoms with Crippen LogP contribution in [0.3, 0.4) is 0 Å². The van der Waals surface area contributed by atoms with Crippen molar-refractivity contribution >= 4 is 17.3 Å². The number of hydrogen-bond acceptors (Lipinski definition) is 4. The Hall–Kier alpha value is -1.33. The summed E-state index contributed by atoms with van der Waals surface area (Å²) >= 11 is 5.78. The third kappa shape index (κ3) is 3.08. The molecule has 1 atom stereocenters. The third-order valence-corrected chi connectivity index (χ3v) is 3.03. The Bertz CT molecular complexity index is 419. The Morgan fingerprint density at radius 1 is 1.59 bits per heavy atom. The van der Waals surface area contributed by atoms with Crippen molar-refractivity contribution in [1.29, 1.82) is 0 Å². The van der Waals surface area contributed by atoms with Gasteiger partial charge in [-0.2, -0.15) is 0 Å². The van der Waals surface area contributed by atoms with E-state index in [-0.39, 0.29) is 10.7 Å². The molecule has 1 aliphatic rings. The Morgan fingerprint density at radius 2 is 2.41 bits per heavy atom. The Kier molecular flexibility index (Phi) is 3.81. The molecular formula is C11H13ClN2O3. The maximum absolute atomic E-state index is 10.6. The summed E-state index contributed by atoms with van der Waals surface area (Å²) in [7, 11) is 0. The minimum absolute atomic E-state index is 0.0991. The van der Waals surface area contributed by atoms with Gasteiger partial charge >= 0.3 is 0 Å². The van der Waals surface area contributed by atoms with Crippen LogP contribution in [-0.4, -0.2) is 24.1 Å². The summed E-state index contributed by atoms with van der Waals surface area (Å²) in [6.07, 6.45) is 2.26. The van der Waals surface area contributed by atoms with Crippen LogP contribution in [0.15, 0.2) is 18.2 Å². The van der Waals surface area contributed by atoms with Gasteiger partial charge in [0.1, 0.15) is 17.4 Å². The summed E-state index contributed by atoms with van der Waals surface area (Å²) in [6, 6.07) is 4.77. The number of ether oxygens (including phenoxy) is 1. The molecule has 1 saturated heterocycles. The molecule has 0 bridgehead atoms. The van der Waals surface area contributed by atoms with Crippen molar-refractivity contribution in [3.8, 4) is 5.75 Å². The Balaban J connectivity index is 1.97. The number of nitro groups is 1. The number of nitrogens with one attached hydrogen (secondary N) is 1. The zero-order valence-corrected chi connectivity index (χ0v) is 9.94. The first-order valence-corrected chi connectivity index (χ1v) is 5.85. The van der Waals surface area contributed by atoms with Crippen molar-refractivity contribution in [2.24, 2.45) is 0 Å². The van der Waals surface area contributed by atoms with E-state index in [1.54, 1.807) is 6.07 Å². The van der Waals surface area contributed by atoms with Crippen molar-refractivity contribution in [3.05, 3.63) is 33.3 Å².